The van der Waals surface area contributed by atoms with Gasteiger partial charge in [-0.3, -0.25) is 4.79 Å². The predicted molar refractivity (Wildman–Crippen MR) is 90.4 cm³/mol. The first-order valence-corrected chi connectivity index (χ1v) is 7.84. The summed E-state index contributed by atoms with van der Waals surface area (Å²) >= 11 is 0. The van der Waals surface area contributed by atoms with Gasteiger partial charge in [0.05, 0.1) is 11.8 Å². The molecule has 0 saturated heterocycles. The number of hydrogen-bond acceptors (Lipinski definition) is 5. The van der Waals surface area contributed by atoms with E-state index in [1.807, 2.05) is 0 Å². The SMILES string of the molecule is O=C(Cn1nnc(-c2cccc(C(F)(F)F)c2)n1)N/N=C\c1ccc(F)cc1. The van der Waals surface area contributed by atoms with Crippen LogP contribution in [0.1, 0.15) is 11.1 Å². The molecule has 0 bridgehead atoms. The van der Waals surface area contributed by atoms with Crippen LogP contribution in [0.2, 0.25) is 0 Å². The number of aromatic nitrogens is 4. The first kappa shape index (κ1) is 19.1. The minimum Gasteiger partial charge on any atom is -0.271 e. The molecule has 3 aromatic rings. The number of alkyl halides is 3. The highest BCUT2D eigenvalue weighted by Gasteiger charge is 2.30. The minimum absolute atomic E-state index is 0.0475. The van der Waals surface area contributed by atoms with Gasteiger partial charge in [-0.15, -0.1) is 10.2 Å². The molecule has 11 heteroatoms. The van der Waals surface area contributed by atoms with Crippen molar-refractivity contribution >= 4 is 12.1 Å². The molecule has 0 aliphatic heterocycles. The largest absolute Gasteiger partial charge is 0.416 e. The van der Waals surface area contributed by atoms with E-state index >= 15 is 0 Å². The van der Waals surface area contributed by atoms with Crippen LogP contribution in [0.15, 0.2) is 53.6 Å². The van der Waals surface area contributed by atoms with Crippen LogP contribution in [0, 0.1) is 5.82 Å². The molecule has 1 amide bonds. The molecule has 0 saturated carbocycles. The fourth-order valence-electron chi connectivity index (χ4n) is 2.15. The lowest BCUT2D eigenvalue weighted by atomic mass is 10.1. The average Bonchev–Trinajstić information content (AvgIpc) is 3.11. The van der Waals surface area contributed by atoms with E-state index in [-0.39, 0.29) is 17.9 Å². The van der Waals surface area contributed by atoms with Crippen LogP contribution in [0.5, 0.6) is 0 Å². The van der Waals surface area contributed by atoms with Gasteiger partial charge in [-0.05, 0) is 35.0 Å². The topological polar surface area (TPSA) is 85.1 Å². The van der Waals surface area contributed by atoms with Crippen molar-refractivity contribution in [3.05, 3.63) is 65.5 Å². The zero-order chi connectivity index (χ0) is 20.1. The molecule has 0 spiro atoms. The molecule has 1 heterocycles. The molecule has 1 N–H and O–H groups in total. The van der Waals surface area contributed by atoms with Gasteiger partial charge in [-0.2, -0.15) is 23.1 Å². The number of hydrogen-bond donors (Lipinski definition) is 1. The average molecular weight is 392 g/mol. The lowest BCUT2D eigenvalue weighted by Gasteiger charge is -2.06. The van der Waals surface area contributed by atoms with Crippen molar-refractivity contribution in [2.24, 2.45) is 5.10 Å². The molecule has 0 fully saturated rings. The Morgan fingerprint density at radius 1 is 1.18 bits per heavy atom. The van der Waals surface area contributed by atoms with Crippen LogP contribution in [-0.4, -0.2) is 32.3 Å². The third kappa shape index (κ3) is 4.96. The fourth-order valence-corrected chi connectivity index (χ4v) is 2.15. The molecule has 144 valence electrons. The Labute approximate surface area is 155 Å². The van der Waals surface area contributed by atoms with Gasteiger partial charge in [0, 0.05) is 5.56 Å². The van der Waals surface area contributed by atoms with Crippen molar-refractivity contribution in [1.29, 1.82) is 0 Å². The molecule has 0 aliphatic carbocycles. The second-order valence-corrected chi connectivity index (χ2v) is 5.57. The first-order chi connectivity index (χ1) is 13.3. The predicted octanol–water partition coefficient (Wildman–Crippen LogP) is 2.65. The molecule has 0 radical (unpaired) electrons. The van der Waals surface area contributed by atoms with Crippen molar-refractivity contribution in [2.45, 2.75) is 12.7 Å². The van der Waals surface area contributed by atoms with Gasteiger partial charge in [0.15, 0.2) is 0 Å². The molecule has 1 aromatic heterocycles. The van der Waals surface area contributed by atoms with Gasteiger partial charge in [-0.25, -0.2) is 9.82 Å². The standard InChI is InChI=1S/C17H12F4N6O/c18-14-6-4-11(5-7-14)9-22-23-15(28)10-27-25-16(24-26-27)12-2-1-3-13(8-12)17(19,20)21/h1-9H,10H2,(H,23,28)/b22-9-. The van der Waals surface area contributed by atoms with E-state index in [0.717, 1.165) is 16.9 Å². The summed E-state index contributed by atoms with van der Waals surface area (Å²) in [7, 11) is 0. The van der Waals surface area contributed by atoms with E-state index in [4.69, 9.17) is 0 Å². The number of hydrazone groups is 1. The summed E-state index contributed by atoms with van der Waals surface area (Å²) in [5, 5.41) is 14.9. The maximum Gasteiger partial charge on any atom is 0.416 e. The number of benzene rings is 2. The zero-order valence-corrected chi connectivity index (χ0v) is 14.1. The second kappa shape index (κ2) is 7.94. The molecule has 0 unspecified atom stereocenters. The van der Waals surface area contributed by atoms with Gasteiger partial charge in [0.1, 0.15) is 12.4 Å². The Morgan fingerprint density at radius 3 is 2.64 bits per heavy atom. The summed E-state index contributed by atoms with van der Waals surface area (Å²) in [6, 6.07) is 9.92. The number of tetrazole rings is 1. The van der Waals surface area contributed by atoms with Crippen LogP contribution in [-0.2, 0) is 17.5 Å². The fraction of sp³-hybridized carbons (Fsp3) is 0.118. The summed E-state index contributed by atoms with van der Waals surface area (Å²) in [6.45, 7) is -0.341. The number of carbonyl (C=O) groups is 1. The highest BCUT2D eigenvalue weighted by atomic mass is 19.4. The van der Waals surface area contributed by atoms with Crippen molar-refractivity contribution in [3.8, 4) is 11.4 Å². The lowest BCUT2D eigenvalue weighted by molar-refractivity contribution is -0.137. The smallest absolute Gasteiger partial charge is 0.271 e. The van der Waals surface area contributed by atoms with Crippen LogP contribution in [0.3, 0.4) is 0 Å². The quantitative estimate of drug-likeness (QED) is 0.411. The Bertz CT molecular complexity index is 997. The van der Waals surface area contributed by atoms with Crippen molar-refractivity contribution < 1.29 is 22.4 Å². The van der Waals surface area contributed by atoms with Crippen LogP contribution < -0.4 is 5.43 Å². The Kier molecular flexibility index (Phi) is 5.43. The molecular weight excluding hydrogens is 380 g/mol. The summed E-state index contributed by atoms with van der Waals surface area (Å²) in [5.41, 5.74) is 2.09. The second-order valence-electron chi connectivity index (χ2n) is 5.57. The van der Waals surface area contributed by atoms with E-state index in [9.17, 15) is 22.4 Å². The number of nitrogens with one attached hydrogen (secondary N) is 1. The van der Waals surface area contributed by atoms with E-state index < -0.39 is 23.5 Å². The summed E-state index contributed by atoms with van der Waals surface area (Å²) in [6.07, 6.45) is -3.17. The van der Waals surface area contributed by atoms with E-state index in [0.29, 0.717) is 5.56 Å². The number of nitrogens with zero attached hydrogens (tertiary/aromatic N) is 5. The number of halogens is 4. The summed E-state index contributed by atoms with van der Waals surface area (Å²) in [5.74, 6) is -1.02. The lowest BCUT2D eigenvalue weighted by Crippen LogP contribution is -2.24. The third-order valence-corrected chi connectivity index (χ3v) is 3.46. The third-order valence-electron chi connectivity index (χ3n) is 3.46. The highest BCUT2D eigenvalue weighted by molar-refractivity contribution is 5.82. The maximum absolute atomic E-state index is 12.8. The normalized spacial score (nSPS) is 11.7. The number of amides is 1. The molecular formula is C17H12F4N6O. The molecule has 2 aromatic carbocycles. The van der Waals surface area contributed by atoms with E-state index in [2.05, 4.69) is 25.9 Å². The molecule has 0 atom stereocenters. The highest BCUT2D eigenvalue weighted by Crippen LogP contribution is 2.31. The van der Waals surface area contributed by atoms with Crippen molar-refractivity contribution in [3.63, 3.8) is 0 Å². The van der Waals surface area contributed by atoms with Gasteiger partial charge in [0.2, 0.25) is 5.82 Å². The van der Waals surface area contributed by atoms with Gasteiger partial charge < -0.3 is 0 Å². The molecule has 3 rings (SSSR count). The maximum atomic E-state index is 12.8. The first-order valence-electron chi connectivity index (χ1n) is 7.84. The van der Waals surface area contributed by atoms with Crippen LogP contribution >= 0.6 is 0 Å². The minimum atomic E-state index is -4.49. The van der Waals surface area contributed by atoms with Gasteiger partial charge >= 0.3 is 6.18 Å². The van der Waals surface area contributed by atoms with Crippen LogP contribution in [0.25, 0.3) is 11.4 Å². The molecule has 28 heavy (non-hydrogen) atoms. The van der Waals surface area contributed by atoms with Crippen LogP contribution in [0.4, 0.5) is 17.6 Å². The van der Waals surface area contributed by atoms with Crippen molar-refractivity contribution in [1.82, 2.24) is 25.6 Å². The zero-order valence-electron chi connectivity index (χ0n) is 14.1. The summed E-state index contributed by atoms with van der Waals surface area (Å²) in [4.78, 5) is 12.8. The Morgan fingerprint density at radius 2 is 1.93 bits per heavy atom. The monoisotopic (exact) mass is 392 g/mol. The Balaban J connectivity index is 1.61. The molecule has 0 aliphatic rings. The van der Waals surface area contributed by atoms with Gasteiger partial charge in [-0.1, -0.05) is 24.3 Å². The number of rotatable bonds is 5. The number of carbonyl (C=O) groups excluding carboxylic acids is 1. The van der Waals surface area contributed by atoms with Crippen molar-refractivity contribution in [2.75, 3.05) is 0 Å². The molecule has 7 nitrogen and oxygen atoms in total. The van der Waals surface area contributed by atoms with E-state index in [1.54, 1.807) is 0 Å². The van der Waals surface area contributed by atoms with E-state index in [1.165, 1.54) is 42.6 Å². The summed E-state index contributed by atoms with van der Waals surface area (Å²) < 4.78 is 51.1. The van der Waals surface area contributed by atoms with Gasteiger partial charge in [0.25, 0.3) is 5.91 Å². The Hall–Kier alpha value is -3.63.